The average molecular weight is 407 g/mol. The fourth-order valence-corrected chi connectivity index (χ4v) is 3.99. The van der Waals surface area contributed by atoms with Gasteiger partial charge in [-0.1, -0.05) is 25.1 Å². The van der Waals surface area contributed by atoms with E-state index in [0.29, 0.717) is 11.4 Å². The number of carbonyl (C=O) groups excluding carboxylic acids is 1. The normalized spacial score (nSPS) is 12.3. The number of benzene rings is 2. The van der Waals surface area contributed by atoms with Gasteiger partial charge in [-0.05, 0) is 43.5 Å². The summed E-state index contributed by atoms with van der Waals surface area (Å²) in [5.41, 5.74) is 2.62. The van der Waals surface area contributed by atoms with E-state index in [1.54, 1.807) is 0 Å². The lowest BCUT2D eigenvalue weighted by molar-refractivity contribution is -0.117. The summed E-state index contributed by atoms with van der Waals surface area (Å²) in [5, 5.41) is 2.83. The van der Waals surface area contributed by atoms with Crippen LogP contribution in [0.15, 0.2) is 41.3 Å². The summed E-state index contributed by atoms with van der Waals surface area (Å²) in [6, 6.07) is 9.02. The highest BCUT2D eigenvalue weighted by Crippen LogP contribution is 2.29. The fraction of sp³-hybridized carbons (Fsp3) is 0.350. The summed E-state index contributed by atoms with van der Waals surface area (Å²) in [6.45, 7) is 5.39. The number of para-hydroxylation sites is 1. The molecule has 0 spiro atoms. The number of rotatable bonds is 8. The molecule has 8 heteroatoms. The van der Waals surface area contributed by atoms with Crippen molar-refractivity contribution in [3.63, 3.8) is 0 Å². The van der Waals surface area contributed by atoms with Crippen LogP contribution in [0.2, 0.25) is 0 Å². The molecule has 0 aliphatic heterocycles. The number of anilines is 1. The first kappa shape index (κ1) is 21.7. The van der Waals surface area contributed by atoms with E-state index < -0.39 is 22.0 Å². The van der Waals surface area contributed by atoms with Crippen LogP contribution >= 0.6 is 0 Å². The molecule has 0 radical (unpaired) electrons. The molecule has 0 heterocycles. The highest BCUT2D eigenvalue weighted by molar-refractivity contribution is 7.89. The Kier molecular flexibility index (Phi) is 7.04. The topological polar surface area (TPSA) is 93.7 Å². The molecule has 0 saturated carbocycles. The Hall–Kier alpha value is -2.58. The summed E-state index contributed by atoms with van der Waals surface area (Å²) >= 11 is 0. The second kappa shape index (κ2) is 9.07. The lowest BCUT2D eigenvalue weighted by Gasteiger charge is -2.18. The Morgan fingerprint density at radius 3 is 2.39 bits per heavy atom. The van der Waals surface area contributed by atoms with E-state index in [2.05, 4.69) is 10.0 Å². The summed E-state index contributed by atoms with van der Waals surface area (Å²) in [4.78, 5) is 12.6. The second-order valence-electron chi connectivity index (χ2n) is 6.31. The molecule has 0 bridgehead atoms. The monoisotopic (exact) mass is 406 g/mol. The number of ether oxygens (including phenoxy) is 2. The van der Waals surface area contributed by atoms with Crippen molar-refractivity contribution in [1.82, 2.24) is 4.72 Å². The number of aryl methyl sites for hydroxylation is 2. The lowest BCUT2D eigenvalue weighted by atomic mass is 10.1. The zero-order valence-corrected chi connectivity index (χ0v) is 17.5. The molecule has 1 amide bonds. The van der Waals surface area contributed by atoms with Crippen molar-refractivity contribution in [1.29, 1.82) is 0 Å². The maximum atomic E-state index is 12.7. The van der Waals surface area contributed by atoms with E-state index >= 15 is 0 Å². The van der Waals surface area contributed by atoms with Crippen molar-refractivity contribution in [3.8, 4) is 11.5 Å². The number of methoxy groups -OCH3 is 2. The van der Waals surface area contributed by atoms with Gasteiger partial charge in [-0.15, -0.1) is 0 Å². The molecular weight excluding hydrogens is 380 g/mol. The minimum Gasteiger partial charge on any atom is -0.493 e. The van der Waals surface area contributed by atoms with Gasteiger partial charge in [0.1, 0.15) is 0 Å². The number of sulfonamides is 1. The highest BCUT2D eigenvalue weighted by Gasteiger charge is 2.24. The number of carbonyl (C=O) groups is 1. The Morgan fingerprint density at radius 2 is 1.79 bits per heavy atom. The molecule has 28 heavy (non-hydrogen) atoms. The molecule has 0 unspecified atom stereocenters. The highest BCUT2D eigenvalue weighted by atomic mass is 32.2. The first-order chi connectivity index (χ1) is 13.2. The maximum absolute atomic E-state index is 12.7. The average Bonchev–Trinajstić information content (AvgIpc) is 2.68. The molecule has 0 aliphatic carbocycles. The van der Waals surface area contributed by atoms with Crippen LogP contribution in [-0.2, 0) is 21.2 Å². The van der Waals surface area contributed by atoms with E-state index in [1.807, 2.05) is 32.0 Å². The summed E-state index contributed by atoms with van der Waals surface area (Å²) in [7, 11) is -1.04. The second-order valence-corrected chi connectivity index (χ2v) is 8.03. The first-order valence-electron chi connectivity index (χ1n) is 8.87. The minimum absolute atomic E-state index is 0.0186. The van der Waals surface area contributed by atoms with Crippen molar-refractivity contribution < 1.29 is 22.7 Å². The summed E-state index contributed by atoms with van der Waals surface area (Å²) in [6.07, 6.45) is 0.753. The van der Waals surface area contributed by atoms with Crippen molar-refractivity contribution in [3.05, 3.63) is 47.5 Å². The van der Waals surface area contributed by atoms with Crippen molar-refractivity contribution in [2.45, 2.75) is 38.1 Å². The van der Waals surface area contributed by atoms with Gasteiger partial charge in [0.25, 0.3) is 0 Å². The predicted molar refractivity (Wildman–Crippen MR) is 109 cm³/mol. The minimum atomic E-state index is -3.93. The molecule has 0 aromatic heterocycles. The first-order valence-corrected chi connectivity index (χ1v) is 10.4. The Bertz CT molecular complexity index is 957. The molecule has 2 aromatic rings. The van der Waals surface area contributed by atoms with Gasteiger partial charge in [0.2, 0.25) is 15.9 Å². The SMILES string of the molecule is CCc1cccc(C)c1NC(=O)[C@H](C)NS(=O)(=O)c1ccc(OC)c(OC)c1. The molecule has 2 rings (SSSR count). The van der Waals surface area contributed by atoms with Crippen LogP contribution in [0.25, 0.3) is 0 Å². The molecular formula is C20H26N2O5S. The number of hydrogen-bond donors (Lipinski definition) is 2. The van der Waals surface area contributed by atoms with E-state index in [0.717, 1.165) is 17.5 Å². The Morgan fingerprint density at radius 1 is 1.11 bits per heavy atom. The zero-order chi connectivity index (χ0) is 20.9. The van der Waals surface area contributed by atoms with Gasteiger partial charge in [0.05, 0.1) is 25.2 Å². The predicted octanol–water partition coefficient (Wildman–Crippen LogP) is 2.88. The van der Waals surface area contributed by atoms with Gasteiger partial charge >= 0.3 is 0 Å². The van der Waals surface area contributed by atoms with Crippen LogP contribution in [0.1, 0.15) is 25.0 Å². The van der Waals surface area contributed by atoms with Crippen molar-refractivity contribution in [2.75, 3.05) is 19.5 Å². The van der Waals surface area contributed by atoms with Crippen LogP contribution in [0.3, 0.4) is 0 Å². The van der Waals surface area contributed by atoms with E-state index in [4.69, 9.17) is 9.47 Å². The van der Waals surface area contributed by atoms with Crippen LogP contribution in [0, 0.1) is 6.92 Å². The third kappa shape index (κ3) is 4.82. The molecule has 152 valence electrons. The molecule has 7 nitrogen and oxygen atoms in total. The summed E-state index contributed by atoms with van der Waals surface area (Å²) < 4.78 is 38.0. The van der Waals surface area contributed by atoms with E-state index in [9.17, 15) is 13.2 Å². The van der Waals surface area contributed by atoms with Gasteiger partial charge in [0.15, 0.2) is 11.5 Å². The van der Waals surface area contributed by atoms with Crippen molar-refractivity contribution in [2.24, 2.45) is 0 Å². The number of hydrogen-bond acceptors (Lipinski definition) is 5. The molecule has 0 saturated heterocycles. The molecule has 0 aliphatic rings. The lowest BCUT2D eigenvalue weighted by Crippen LogP contribution is -2.41. The standard InChI is InChI=1S/C20H26N2O5S/c1-6-15-9-7-8-13(2)19(15)21-20(23)14(3)22-28(24,25)16-10-11-17(26-4)18(12-16)27-5/h7-12,14,22H,6H2,1-5H3,(H,21,23)/t14-/m0/s1. The van der Waals surface area contributed by atoms with Crippen LogP contribution in [-0.4, -0.2) is 34.6 Å². The van der Waals surface area contributed by atoms with Gasteiger partial charge in [0, 0.05) is 11.8 Å². The Labute approximate surface area is 166 Å². The molecule has 2 aromatic carbocycles. The van der Waals surface area contributed by atoms with Gasteiger partial charge in [-0.25, -0.2) is 8.42 Å². The third-order valence-corrected chi connectivity index (χ3v) is 5.92. The van der Waals surface area contributed by atoms with E-state index in [1.165, 1.54) is 39.3 Å². The van der Waals surface area contributed by atoms with Crippen LogP contribution < -0.4 is 19.5 Å². The molecule has 1 atom stereocenters. The number of nitrogens with one attached hydrogen (secondary N) is 2. The van der Waals surface area contributed by atoms with Gasteiger partial charge < -0.3 is 14.8 Å². The van der Waals surface area contributed by atoms with Gasteiger partial charge in [-0.3, -0.25) is 4.79 Å². The zero-order valence-electron chi connectivity index (χ0n) is 16.7. The third-order valence-electron chi connectivity index (χ3n) is 4.38. The summed E-state index contributed by atoms with van der Waals surface area (Å²) in [5.74, 6) is 0.266. The smallest absolute Gasteiger partial charge is 0.242 e. The largest absolute Gasteiger partial charge is 0.493 e. The van der Waals surface area contributed by atoms with E-state index in [-0.39, 0.29) is 10.6 Å². The molecule has 2 N–H and O–H groups in total. The Balaban J connectivity index is 2.19. The van der Waals surface area contributed by atoms with Crippen LogP contribution in [0.5, 0.6) is 11.5 Å². The molecule has 0 fully saturated rings. The van der Waals surface area contributed by atoms with Crippen molar-refractivity contribution >= 4 is 21.6 Å². The number of amides is 1. The van der Waals surface area contributed by atoms with Crippen LogP contribution in [0.4, 0.5) is 5.69 Å². The maximum Gasteiger partial charge on any atom is 0.242 e. The van der Waals surface area contributed by atoms with Gasteiger partial charge in [-0.2, -0.15) is 4.72 Å². The quantitative estimate of drug-likeness (QED) is 0.703. The fourth-order valence-electron chi connectivity index (χ4n) is 2.77.